The van der Waals surface area contributed by atoms with E-state index in [4.69, 9.17) is 9.47 Å². The van der Waals surface area contributed by atoms with Crippen LogP contribution >= 0.6 is 10.6 Å². The summed E-state index contributed by atoms with van der Waals surface area (Å²) in [5.74, 6) is 0.853. The summed E-state index contributed by atoms with van der Waals surface area (Å²) < 4.78 is 34.2. The number of ether oxygens (including phenoxy) is 2. The summed E-state index contributed by atoms with van der Waals surface area (Å²) >= 11 is 0. The first-order chi connectivity index (χ1) is 17.6. The van der Waals surface area contributed by atoms with Gasteiger partial charge in [-0.15, -0.1) is 0 Å². The zero-order chi connectivity index (χ0) is 27.1. The third-order valence-corrected chi connectivity index (χ3v) is 9.00. The molecule has 0 radical (unpaired) electrons. The summed E-state index contributed by atoms with van der Waals surface area (Å²) in [5.41, 5.74) is 2.23. The predicted molar refractivity (Wildman–Crippen MR) is 150 cm³/mol. The van der Waals surface area contributed by atoms with Gasteiger partial charge in [0.1, 0.15) is 5.75 Å². The lowest BCUT2D eigenvalue weighted by atomic mass is 9.88. The third-order valence-electron chi connectivity index (χ3n) is 6.99. The van der Waals surface area contributed by atoms with Crippen LogP contribution in [0.15, 0.2) is 47.4 Å². The molecule has 37 heavy (non-hydrogen) atoms. The molecule has 0 amide bonds. The monoisotopic (exact) mass is 532 g/mol. The number of nitrogens with one attached hydrogen (secondary N) is 2. The number of hydrogen-bond donors (Lipinski definition) is 4. The number of rotatable bonds is 12. The smallest absolute Gasteiger partial charge is 0.319 e. The minimum absolute atomic E-state index is 0.0629. The van der Waals surface area contributed by atoms with Crippen LogP contribution in [0.2, 0.25) is 0 Å². The van der Waals surface area contributed by atoms with Gasteiger partial charge in [-0.25, -0.2) is 0 Å². The van der Waals surface area contributed by atoms with E-state index in [1.54, 1.807) is 7.11 Å². The van der Waals surface area contributed by atoms with Crippen molar-refractivity contribution in [2.45, 2.75) is 76.4 Å². The summed E-state index contributed by atoms with van der Waals surface area (Å²) in [6, 6.07) is 13.7. The fraction of sp³-hybridized carbons (Fsp3) is 0.552. The normalized spacial score (nSPS) is 21.7. The highest BCUT2D eigenvalue weighted by molar-refractivity contribution is 8.24. The van der Waals surface area contributed by atoms with E-state index in [0.717, 1.165) is 42.4 Å². The quantitative estimate of drug-likeness (QED) is 0.244. The highest BCUT2D eigenvalue weighted by Crippen LogP contribution is 2.58. The molecule has 0 unspecified atom stereocenters. The van der Waals surface area contributed by atoms with Gasteiger partial charge in [-0.2, -0.15) is 10.6 Å². The van der Waals surface area contributed by atoms with Crippen molar-refractivity contribution in [3.05, 3.63) is 59.2 Å². The number of benzene rings is 2. The molecule has 8 heteroatoms. The van der Waals surface area contributed by atoms with Gasteiger partial charge >= 0.3 is 5.97 Å². The molecule has 0 aliphatic carbocycles. The molecule has 0 aromatic heterocycles. The molecular weight excluding hydrogens is 488 g/mol. The minimum atomic E-state index is -3.11. The Morgan fingerprint density at radius 3 is 2.57 bits per heavy atom. The number of hydrogen-bond acceptors (Lipinski definition) is 7. The number of methoxy groups -OCH3 is 1. The van der Waals surface area contributed by atoms with Crippen molar-refractivity contribution in [1.29, 1.82) is 0 Å². The van der Waals surface area contributed by atoms with Crippen molar-refractivity contribution in [3.8, 4) is 5.75 Å². The van der Waals surface area contributed by atoms with Crippen LogP contribution in [0.4, 0.5) is 0 Å². The van der Waals surface area contributed by atoms with Crippen LogP contribution in [-0.4, -0.2) is 46.6 Å². The zero-order valence-electron chi connectivity index (χ0n) is 22.9. The van der Waals surface area contributed by atoms with Gasteiger partial charge in [0.25, 0.3) is 0 Å². The molecule has 0 bridgehead atoms. The van der Waals surface area contributed by atoms with Crippen LogP contribution in [0.3, 0.4) is 0 Å². The van der Waals surface area contributed by atoms with Crippen LogP contribution < -0.4 is 15.4 Å². The maximum absolute atomic E-state index is 12.1. The molecule has 0 saturated heterocycles. The van der Waals surface area contributed by atoms with Crippen molar-refractivity contribution in [2.24, 2.45) is 5.92 Å². The van der Waals surface area contributed by atoms with E-state index in [0.29, 0.717) is 23.8 Å². The highest BCUT2D eigenvalue weighted by atomic mass is 32.3. The minimum Gasteiger partial charge on any atom is -0.496 e. The first-order valence-corrected chi connectivity index (χ1v) is 15.0. The Bertz CT molecular complexity index is 1030. The zero-order valence-corrected chi connectivity index (χ0v) is 23.7. The molecular formula is C29H44N2O5S. The summed E-state index contributed by atoms with van der Waals surface area (Å²) in [6.07, 6.45) is 3.68. The van der Waals surface area contributed by atoms with Gasteiger partial charge in [0.2, 0.25) is 0 Å². The molecule has 0 fully saturated rings. The fourth-order valence-electron chi connectivity index (χ4n) is 4.90. The molecule has 0 spiro atoms. The van der Waals surface area contributed by atoms with Crippen molar-refractivity contribution >= 4 is 16.6 Å². The summed E-state index contributed by atoms with van der Waals surface area (Å²) in [5, 5.41) is 6.99. The van der Waals surface area contributed by atoms with Crippen LogP contribution in [-0.2, 0) is 16.1 Å². The summed E-state index contributed by atoms with van der Waals surface area (Å²) in [6.45, 7) is 9.04. The van der Waals surface area contributed by atoms with Crippen LogP contribution in [0.5, 0.6) is 5.75 Å². The van der Waals surface area contributed by atoms with Gasteiger partial charge in [-0.3, -0.25) is 19.2 Å². The first kappa shape index (κ1) is 29.5. The maximum Gasteiger partial charge on any atom is 0.319 e. The Morgan fingerprint density at radius 1 is 1.22 bits per heavy atom. The average molecular weight is 533 g/mol. The topological polar surface area (TPSA) is 100 Å². The highest BCUT2D eigenvalue weighted by Gasteiger charge is 2.42. The fourth-order valence-corrected chi connectivity index (χ4v) is 7.15. The maximum atomic E-state index is 12.1. The molecule has 4 N–H and O–H groups in total. The van der Waals surface area contributed by atoms with Crippen molar-refractivity contribution in [3.63, 3.8) is 0 Å². The van der Waals surface area contributed by atoms with Crippen molar-refractivity contribution < 1.29 is 23.4 Å². The van der Waals surface area contributed by atoms with E-state index in [1.165, 1.54) is 0 Å². The molecule has 0 saturated carbocycles. The largest absolute Gasteiger partial charge is 0.496 e. The lowest BCUT2D eigenvalue weighted by Gasteiger charge is -2.42. The van der Waals surface area contributed by atoms with Gasteiger partial charge in [-0.1, -0.05) is 70.9 Å². The number of carbonyl (C=O) groups is 1. The SMILES string of the molecule is CCCC[C@]1(CC)CS(O)(O)c2cc(CNCC(=O)OCC(C)C)c(OC)cc2[C@@H](c2ccccc2)N1. The Kier molecular flexibility index (Phi) is 10.4. The average Bonchev–Trinajstić information content (AvgIpc) is 2.98. The van der Waals surface area contributed by atoms with Crippen LogP contribution in [0.1, 0.15) is 76.1 Å². The summed E-state index contributed by atoms with van der Waals surface area (Å²) in [7, 11) is -1.50. The number of carbonyl (C=O) groups excluding carboxylic acids is 1. The van der Waals surface area contributed by atoms with Crippen LogP contribution in [0, 0.1) is 5.92 Å². The molecule has 206 valence electrons. The lowest BCUT2D eigenvalue weighted by Crippen LogP contribution is -2.49. The standard InChI is InChI=1S/C29H44N2O5S/c1-6-8-14-29(7-2)20-37(33,34)26-15-23(17-30-18-27(32)36-19-21(3)4)25(35-5)16-24(26)28(31-29)22-12-10-9-11-13-22/h9-13,15-16,21,28,30-31,33-34H,6-8,14,17-20H2,1-5H3/t28-,29-/m1/s1. The molecule has 1 aliphatic heterocycles. The van der Waals surface area contributed by atoms with E-state index in [-0.39, 0.29) is 30.2 Å². The van der Waals surface area contributed by atoms with Gasteiger partial charge in [0, 0.05) is 23.2 Å². The summed E-state index contributed by atoms with van der Waals surface area (Å²) in [4.78, 5) is 12.6. The molecule has 1 heterocycles. The van der Waals surface area contributed by atoms with Gasteiger partial charge in [-0.05, 0) is 36.5 Å². The Labute approximate surface area is 223 Å². The van der Waals surface area contributed by atoms with Crippen molar-refractivity contribution in [1.82, 2.24) is 10.6 Å². The van der Waals surface area contributed by atoms with Crippen molar-refractivity contribution in [2.75, 3.05) is 26.0 Å². The Hall–Kier alpha value is -2.10. The predicted octanol–water partition coefficient (Wildman–Crippen LogP) is 6.13. The Balaban J connectivity index is 2.00. The molecule has 2 atom stereocenters. The van der Waals surface area contributed by atoms with Crippen LogP contribution in [0.25, 0.3) is 0 Å². The van der Waals surface area contributed by atoms with E-state index in [1.807, 2.05) is 44.2 Å². The third kappa shape index (κ3) is 7.48. The number of unbranched alkanes of at least 4 members (excludes halogenated alkanes) is 1. The van der Waals surface area contributed by atoms with E-state index in [2.05, 4.69) is 36.6 Å². The van der Waals surface area contributed by atoms with Gasteiger partial charge in [0.05, 0.1) is 37.0 Å². The second-order valence-electron chi connectivity index (χ2n) is 10.4. The molecule has 2 aromatic rings. The van der Waals surface area contributed by atoms with E-state index >= 15 is 0 Å². The molecule has 1 aliphatic rings. The first-order valence-electron chi connectivity index (χ1n) is 13.3. The number of fused-ring (bicyclic) bond motifs is 1. The molecule has 2 aromatic carbocycles. The number of esters is 1. The Morgan fingerprint density at radius 2 is 1.95 bits per heavy atom. The molecule has 7 nitrogen and oxygen atoms in total. The second-order valence-corrected chi connectivity index (χ2v) is 12.5. The second kappa shape index (κ2) is 13.1. The van der Waals surface area contributed by atoms with E-state index < -0.39 is 16.1 Å². The molecule has 3 rings (SSSR count). The lowest BCUT2D eigenvalue weighted by molar-refractivity contribution is -0.143. The van der Waals surface area contributed by atoms with E-state index in [9.17, 15) is 13.9 Å². The van der Waals surface area contributed by atoms with Gasteiger partial charge < -0.3 is 14.8 Å². The van der Waals surface area contributed by atoms with Gasteiger partial charge in [0.15, 0.2) is 0 Å².